The van der Waals surface area contributed by atoms with E-state index in [4.69, 9.17) is 13.8 Å². The third-order valence-corrected chi connectivity index (χ3v) is 4.10. The van der Waals surface area contributed by atoms with E-state index in [9.17, 15) is 19.4 Å². The second-order valence-corrected chi connectivity index (χ2v) is 8.21. The van der Waals surface area contributed by atoms with Crippen molar-refractivity contribution in [2.45, 2.75) is 45.1 Å². The summed E-state index contributed by atoms with van der Waals surface area (Å²) in [6.07, 6.45) is 3.01. The maximum absolute atomic E-state index is 11.6. The highest BCUT2D eigenvalue weighted by atomic mass is 31.2. The first-order valence-electron chi connectivity index (χ1n) is 8.32. The van der Waals surface area contributed by atoms with E-state index in [1.807, 2.05) is 21.1 Å². The van der Waals surface area contributed by atoms with Crippen LogP contribution in [0.3, 0.4) is 0 Å². The van der Waals surface area contributed by atoms with Crippen molar-refractivity contribution in [2.24, 2.45) is 0 Å². The molecule has 0 aromatic rings. The van der Waals surface area contributed by atoms with Crippen molar-refractivity contribution >= 4 is 13.8 Å². The maximum Gasteiger partial charge on any atom is 0.472 e. The van der Waals surface area contributed by atoms with E-state index in [1.54, 1.807) is 0 Å². The summed E-state index contributed by atoms with van der Waals surface area (Å²) < 4.78 is 26.6. The molecule has 2 unspecified atom stereocenters. The number of hydrogen-bond donors (Lipinski definition) is 2. The predicted molar refractivity (Wildman–Crippen MR) is 90.4 cm³/mol. The molecule has 8 nitrogen and oxygen atoms in total. The smallest absolute Gasteiger partial charge is 0.463 e. The van der Waals surface area contributed by atoms with E-state index in [2.05, 4.69) is 6.92 Å². The van der Waals surface area contributed by atoms with Crippen molar-refractivity contribution < 1.29 is 37.6 Å². The lowest BCUT2D eigenvalue weighted by atomic mass is 10.2. The summed E-state index contributed by atoms with van der Waals surface area (Å²) in [6, 6.07) is 0. The molecule has 0 saturated carbocycles. The van der Waals surface area contributed by atoms with Gasteiger partial charge < -0.3 is 19.2 Å². The molecule has 24 heavy (non-hydrogen) atoms. The number of rotatable bonds is 14. The lowest BCUT2D eigenvalue weighted by Gasteiger charge is -2.24. The third kappa shape index (κ3) is 15.1. The predicted octanol–water partition coefficient (Wildman–Crippen LogP) is 1.70. The number of aliphatic hydroxyl groups is 1. The first kappa shape index (κ1) is 23.5. The summed E-state index contributed by atoms with van der Waals surface area (Å²) in [6.45, 7) is 1.96. The van der Waals surface area contributed by atoms with Crippen LogP contribution in [0.15, 0.2) is 0 Å². The molecule has 0 rings (SSSR count). The number of esters is 1. The monoisotopic (exact) mass is 370 g/mol. The number of ether oxygens (including phenoxy) is 1. The summed E-state index contributed by atoms with van der Waals surface area (Å²) in [5.74, 6) is -0.392. The fourth-order valence-corrected chi connectivity index (χ4v) is 2.40. The maximum atomic E-state index is 11.6. The minimum atomic E-state index is -4.22. The van der Waals surface area contributed by atoms with Crippen molar-refractivity contribution in [1.29, 1.82) is 0 Å². The van der Waals surface area contributed by atoms with Gasteiger partial charge in [0.05, 0.1) is 27.7 Å². The fraction of sp³-hybridized carbons (Fsp3) is 0.933. The molecule has 0 bridgehead atoms. The van der Waals surface area contributed by atoms with Crippen molar-refractivity contribution in [3.8, 4) is 0 Å². The average Bonchev–Trinajstić information content (AvgIpc) is 2.46. The molecule has 0 spiro atoms. The molecule has 0 radical (unpaired) electrons. The van der Waals surface area contributed by atoms with Gasteiger partial charge in [-0.3, -0.25) is 13.8 Å². The van der Waals surface area contributed by atoms with Crippen LogP contribution in [0.1, 0.15) is 39.0 Å². The molecule has 0 aliphatic carbocycles. The first-order valence-corrected chi connectivity index (χ1v) is 9.81. The number of likely N-dealkylation sites (N-methyl/N-ethyl adjacent to an activating group) is 1. The van der Waals surface area contributed by atoms with Gasteiger partial charge in [-0.2, -0.15) is 0 Å². The topological polar surface area (TPSA) is 102 Å². The Morgan fingerprint density at radius 3 is 2.38 bits per heavy atom. The zero-order valence-electron chi connectivity index (χ0n) is 15.3. The van der Waals surface area contributed by atoms with Gasteiger partial charge in [0.25, 0.3) is 0 Å². The highest BCUT2D eigenvalue weighted by Gasteiger charge is 2.24. The molecule has 2 atom stereocenters. The van der Waals surface area contributed by atoms with E-state index in [-0.39, 0.29) is 13.2 Å². The van der Waals surface area contributed by atoms with Crippen LogP contribution in [0.25, 0.3) is 0 Å². The van der Waals surface area contributed by atoms with Gasteiger partial charge in [-0.05, 0) is 6.42 Å². The molecule has 0 aliphatic heterocycles. The van der Waals surface area contributed by atoms with Gasteiger partial charge in [0.1, 0.15) is 25.9 Å². The van der Waals surface area contributed by atoms with Crippen LogP contribution in [-0.2, 0) is 23.1 Å². The molecule has 9 heteroatoms. The van der Waals surface area contributed by atoms with Crippen molar-refractivity contribution in [3.63, 3.8) is 0 Å². The Bertz CT molecular complexity index is 398. The fourth-order valence-electron chi connectivity index (χ4n) is 1.65. The Labute approximate surface area is 144 Å². The molecular formula is C15H33NO7P+. The highest BCUT2D eigenvalue weighted by Crippen LogP contribution is 2.43. The number of carbonyl (C=O) groups excluding carboxylic acids is 1. The van der Waals surface area contributed by atoms with Crippen molar-refractivity contribution in [1.82, 2.24) is 0 Å². The molecule has 144 valence electrons. The van der Waals surface area contributed by atoms with E-state index >= 15 is 0 Å². The third-order valence-electron chi connectivity index (χ3n) is 3.12. The molecule has 0 aliphatic rings. The Morgan fingerprint density at radius 2 is 1.79 bits per heavy atom. The summed E-state index contributed by atoms with van der Waals surface area (Å²) in [5.41, 5.74) is 0. The van der Waals surface area contributed by atoms with Crippen LogP contribution >= 0.6 is 7.82 Å². The normalized spacial score (nSPS) is 15.8. The molecular weight excluding hydrogens is 337 g/mol. The van der Waals surface area contributed by atoms with Gasteiger partial charge in [0, 0.05) is 6.42 Å². The SMILES string of the molecule is CCCCCCC(=O)OCC(O)COP(=O)(O)OCC[N+](C)(C)C. The molecule has 2 N–H and O–H groups in total. The average molecular weight is 370 g/mol. The lowest BCUT2D eigenvalue weighted by molar-refractivity contribution is -0.870. The van der Waals surface area contributed by atoms with Crippen LogP contribution < -0.4 is 0 Å². The van der Waals surface area contributed by atoms with E-state index < -0.39 is 26.5 Å². The summed E-state index contributed by atoms with van der Waals surface area (Å²) in [4.78, 5) is 20.9. The second-order valence-electron chi connectivity index (χ2n) is 6.76. The largest absolute Gasteiger partial charge is 0.472 e. The first-order chi connectivity index (χ1) is 11.1. The quantitative estimate of drug-likeness (QED) is 0.208. The van der Waals surface area contributed by atoms with Gasteiger partial charge in [0.2, 0.25) is 0 Å². The number of phosphoric acid groups is 1. The van der Waals surface area contributed by atoms with Gasteiger partial charge in [0.15, 0.2) is 0 Å². The van der Waals surface area contributed by atoms with Crippen LogP contribution in [0.5, 0.6) is 0 Å². The van der Waals surface area contributed by atoms with Crippen LogP contribution in [-0.4, -0.2) is 74.1 Å². The molecule has 0 fully saturated rings. The lowest BCUT2D eigenvalue weighted by Crippen LogP contribution is -2.37. The van der Waals surface area contributed by atoms with Crippen LogP contribution in [0.4, 0.5) is 0 Å². The Kier molecular flexibility index (Phi) is 11.7. The van der Waals surface area contributed by atoms with Gasteiger partial charge in [-0.25, -0.2) is 4.57 Å². The summed E-state index contributed by atoms with van der Waals surface area (Å²) >= 11 is 0. The Morgan fingerprint density at radius 1 is 1.12 bits per heavy atom. The van der Waals surface area contributed by atoms with E-state index in [1.165, 1.54) is 0 Å². The van der Waals surface area contributed by atoms with Crippen molar-refractivity contribution in [2.75, 3.05) is 47.5 Å². The van der Waals surface area contributed by atoms with Crippen molar-refractivity contribution in [3.05, 3.63) is 0 Å². The van der Waals surface area contributed by atoms with Crippen LogP contribution in [0.2, 0.25) is 0 Å². The zero-order valence-corrected chi connectivity index (χ0v) is 16.2. The van der Waals surface area contributed by atoms with E-state index in [0.29, 0.717) is 17.4 Å². The van der Waals surface area contributed by atoms with Crippen LogP contribution in [0, 0.1) is 0 Å². The number of hydrogen-bond acceptors (Lipinski definition) is 6. The minimum absolute atomic E-state index is 0.0557. The number of quaternary nitrogens is 1. The number of unbranched alkanes of at least 4 members (excludes halogenated alkanes) is 3. The highest BCUT2D eigenvalue weighted by molar-refractivity contribution is 7.47. The minimum Gasteiger partial charge on any atom is -0.463 e. The Balaban J connectivity index is 3.84. The van der Waals surface area contributed by atoms with Gasteiger partial charge in [-0.1, -0.05) is 26.2 Å². The number of nitrogens with zero attached hydrogens (tertiary/aromatic N) is 1. The number of phosphoric ester groups is 1. The summed E-state index contributed by atoms with van der Waals surface area (Å²) in [5, 5.41) is 9.63. The molecule has 0 amide bonds. The molecule has 0 saturated heterocycles. The van der Waals surface area contributed by atoms with Gasteiger partial charge >= 0.3 is 13.8 Å². The Hall–Kier alpha value is -0.500. The summed E-state index contributed by atoms with van der Waals surface area (Å²) in [7, 11) is 1.55. The number of aliphatic hydroxyl groups excluding tert-OH is 1. The molecule has 0 heterocycles. The standard InChI is InChI=1S/C15H32NO7P/c1-5-6-7-8-9-15(18)21-12-14(17)13-23-24(19,20)22-11-10-16(2,3)4/h14,17H,5-13H2,1-4H3/p+1. The number of carbonyl (C=O) groups is 1. The molecule has 0 aromatic heterocycles. The van der Waals surface area contributed by atoms with Gasteiger partial charge in [-0.15, -0.1) is 0 Å². The molecule has 0 aromatic carbocycles. The zero-order chi connectivity index (χ0) is 18.6. The second kappa shape index (κ2) is 12.0. The van der Waals surface area contributed by atoms with E-state index in [0.717, 1.165) is 25.7 Å².